The summed E-state index contributed by atoms with van der Waals surface area (Å²) in [6.07, 6.45) is 2.23. The summed E-state index contributed by atoms with van der Waals surface area (Å²) < 4.78 is 5.71. The van der Waals surface area contributed by atoms with Gasteiger partial charge in [0, 0.05) is 6.42 Å². The van der Waals surface area contributed by atoms with Crippen LogP contribution in [0, 0.1) is 10.7 Å². The molecule has 1 saturated heterocycles. The summed E-state index contributed by atoms with van der Waals surface area (Å²) in [5, 5.41) is 5.61. The van der Waals surface area contributed by atoms with Crippen molar-refractivity contribution in [2.75, 3.05) is 0 Å². The van der Waals surface area contributed by atoms with E-state index in [1.54, 1.807) is 0 Å². The van der Waals surface area contributed by atoms with Crippen LogP contribution in [0.5, 0.6) is 0 Å². The number of ether oxygens (including phenoxy) is 1. The van der Waals surface area contributed by atoms with E-state index in [0.29, 0.717) is 11.2 Å². The molecule has 0 spiro atoms. The highest BCUT2D eigenvalue weighted by molar-refractivity contribution is 7.71. The summed E-state index contributed by atoms with van der Waals surface area (Å²) in [7, 11) is 0. The number of cyclic esters (lactones) is 1. The van der Waals surface area contributed by atoms with Crippen LogP contribution in [-0.2, 0) is 16.0 Å². The Balaban J connectivity index is 1.92. The van der Waals surface area contributed by atoms with E-state index >= 15 is 0 Å². The van der Waals surface area contributed by atoms with Gasteiger partial charge in [0.05, 0.1) is 5.92 Å². The number of aromatic nitrogens is 3. The van der Waals surface area contributed by atoms with Crippen LogP contribution in [0.2, 0.25) is 0 Å². The molecule has 6 heteroatoms. The van der Waals surface area contributed by atoms with E-state index in [2.05, 4.69) is 15.2 Å². The van der Waals surface area contributed by atoms with Gasteiger partial charge in [-0.2, -0.15) is 0 Å². The maximum absolute atomic E-state index is 11.5. The van der Waals surface area contributed by atoms with E-state index < -0.39 is 0 Å². The Morgan fingerprint density at radius 2 is 2.31 bits per heavy atom. The van der Waals surface area contributed by atoms with Crippen LogP contribution in [0.4, 0.5) is 0 Å². The van der Waals surface area contributed by atoms with Crippen LogP contribution in [0.15, 0.2) is 0 Å². The predicted octanol–water partition coefficient (Wildman–Crippen LogP) is 1.74. The van der Waals surface area contributed by atoms with Crippen LogP contribution in [0.3, 0.4) is 0 Å². The minimum absolute atomic E-state index is 0.0197. The second kappa shape index (κ2) is 4.01. The van der Waals surface area contributed by atoms with Gasteiger partial charge < -0.3 is 4.74 Å². The summed E-state index contributed by atoms with van der Waals surface area (Å²) in [5.41, 5.74) is -0.319. The highest BCUT2D eigenvalue weighted by Gasteiger charge is 2.39. The number of aryl methyl sites for hydroxylation is 1. The maximum atomic E-state index is 11.5. The summed E-state index contributed by atoms with van der Waals surface area (Å²) >= 11 is 4.85. The van der Waals surface area contributed by atoms with E-state index in [1.807, 2.05) is 13.8 Å². The van der Waals surface area contributed by atoms with E-state index in [4.69, 9.17) is 17.0 Å². The molecule has 0 saturated carbocycles. The van der Waals surface area contributed by atoms with Crippen LogP contribution < -0.4 is 0 Å². The molecule has 1 aliphatic heterocycles. The minimum atomic E-state index is -0.319. The fraction of sp³-hybridized carbons (Fsp3) is 0.700. The number of H-pyrrole nitrogens is 2. The van der Waals surface area contributed by atoms with Crippen molar-refractivity contribution >= 4 is 18.2 Å². The highest BCUT2D eigenvalue weighted by Crippen LogP contribution is 2.32. The fourth-order valence-corrected chi connectivity index (χ4v) is 2.19. The van der Waals surface area contributed by atoms with Gasteiger partial charge in [0.15, 0.2) is 0 Å². The van der Waals surface area contributed by atoms with Crippen molar-refractivity contribution in [3.05, 3.63) is 10.6 Å². The molecular weight excluding hydrogens is 226 g/mol. The van der Waals surface area contributed by atoms with E-state index in [-0.39, 0.29) is 17.5 Å². The molecule has 0 unspecified atom stereocenters. The molecule has 1 aromatic heterocycles. The maximum Gasteiger partial charge on any atom is 0.309 e. The average Bonchev–Trinajstić information content (AvgIpc) is 2.67. The first-order valence-electron chi connectivity index (χ1n) is 5.33. The third-order valence-electron chi connectivity index (χ3n) is 2.73. The van der Waals surface area contributed by atoms with Crippen molar-refractivity contribution in [3.63, 3.8) is 0 Å². The van der Waals surface area contributed by atoms with Gasteiger partial charge in [0.25, 0.3) is 0 Å². The van der Waals surface area contributed by atoms with Gasteiger partial charge in [-0.05, 0) is 38.9 Å². The molecule has 5 nitrogen and oxygen atoms in total. The molecule has 88 valence electrons. The first-order chi connectivity index (χ1) is 7.46. The molecule has 2 heterocycles. The summed E-state index contributed by atoms with van der Waals surface area (Å²) in [6.45, 7) is 3.87. The standard InChI is InChI=1S/C10H15N3O2S/c1-10(2)5-6(8(14)15-10)3-4-7-11-9(16)13-12-7/h6H,3-5H2,1-2H3,(H2,11,12,13,16)/t6-/m0/s1. The predicted molar refractivity (Wildman–Crippen MR) is 60.4 cm³/mol. The zero-order valence-corrected chi connectivity index (χ0v) is 10.2. The van der Waals surface area contributed by atoms with Gasteiger partial charge >= 0.3 is 5.97 Å². The lowest BCUT2D eigenvalue weighted by atomic mass is 9.94. The molecule has 16 heavy (non-hydrogen) atoms. The molecule has 1 atom stereocenters. The molecule has 0 aromatic carbocycles. The van der Waals surface area contributed by atoms with Crippen molar-refractivity contribution in [2.24, 2.45) is 5.92 Å². The van der Waals surface area contributed by atoms with Crippen LogP contribution >= 0.6 is 12.2 Å². The highest BCUT2D eigenvalue weighted by atomic mass is 32.1. The SMILES string of the molecule is CC1(C)C[C@H](CCc2nc(=S)[nH][nH]2)C(=O)O1. The second-order valence-electron chi connectivity index (χ2n) is 4.73. The van der Waals surface area contributed by atoms with E-state index in [9.17, 15) is 4.79 Å². The van der Waals surface area contributed by atoms with Crippen molar-refractivity contribution in [2.45, 2.75) is 38.7 Å². The number of esters is 1. The van der Waals surface area contributed by atoms with Gasteiger partial charge in [-0.15, -0.1) is 0 Å². The van der Waals surface area contributed by atoms with Gasteiger partial charge in [-0.1, -0.05) is 0 Å². The number of hydrogen-bond donors (Lipinski definition) is 2. The Labute approximate surface area is 98.6 Å². The van der Waals surface area contributed by atoms with Crippen LogP contribution in [0.25, 0.3) is 0 Å². The number of aromatic amines is 2. The van der Waals surface area contributed by atoms with E-state index in [1.165, 1.54) is 0 Å². The van der Waals surface area contributed by atoms with Gasteiger partial charge in [-0.25, -0.2) is 4.98 Å². The molecule has 0 radical (unpaired) electrons. The molecule has 0 aliphatic carbocycles. The molecule has 1 aromatic rings. The van der Waals surface area contributed by atoms with Crippen LogP contribution in [0.1, 0.15) is 32.5 Å². The first-order valence-corrected chi connectivity index (χ1v) is 5.73. The van der Waals surface area contributed by atoms with Crippen molar-refractivity contribution in [1.82, 2.24) is 15.2 Å². The van der Waals surface area contributed by atoms with Crippen molar-refractivity contribution in [1.29, 1.82) is 0 Å². The van der Waals surface area contributed by atoms with Crippen LogP contribution in [-0.4, -0.2) is 26.8 Å². The zero-order chi connectivity index (χ0) is 11.8. The third-order valence-corrected chi connectivity index (χ3v) is 2.92. The molecular formula is C10H15N3O2S. The van der Waals surface area contributed by atoms with Gasteiger partial charge in [0.2, 0.25) is 4.77 Å². The largest absolute Gasteiger partial charge is 0.459 e. The molecule has 2 rings (SSSR count). The summed E-state index contributed by atoms with van der Waals surface area (Å²) in [4.78, 5) is 15.6. The molecule has 2 N–H and O–H groups in total. The normalized spacial score (nSPS) is 23.4. The summed E-state index contributed by atoms with van der Waals surface area (Å²) in [5.74, 6) is 0.676. The molecule has 1 fully saturated rings. The number of hydrogen-bond acceptors (Lipinski definition) is 4. The van der Waals surface area contributed by atoms with Crippen molar-refractivity contribution in [3.8, 4) is 0 Å². The van der Waals surface area contributed by atoms with Crippen molar-refractivity contribution < 1.29 is 9.53 Å². The lowest BCUT2D eigenvalue weighted by Crippen LogP contribution is -2.17. The third kappa shape index (κ3) is 2.49. The first kappa shape index (κ1) is 11.3. The second-order valence-corrected chi connectivity index (χ2v) is 5.12. The Hall–Kier alpha value is -1.17. The average molecular weight is 241 g/mol. The number of carbonyl (C=O) groups excluding carboxylic acids is 1. The summed E-state index contributed by atoms with van der Waals surface area (Å²) in [6, 6.07) is 0. The minimum Gasteiger partial charge on any atom is -0.459 e. The molecule has 1 aliphatic rings. The molecule has 0 bridgehead atoms. The quantitative estimate of drug-likeness (QED) is 0.624. The number of nitrogens with zero attached hydrogens (tertiary/aromatic N) is 1. The Morgan fingerprint density at radius 1 is 1.56 bits per heavy atom. The monoisotopic (exact) mass is 241 g/mol. The number of nitrogens with one attached hydrogen (secondary N) is 2. The van der Waals surface area contributed by atoms with Gasteiger partial charge in [0.1, 0.15) is 11.4 Å². The molecule has 0 amide bonds. The lowest BCUT2D eigenvalue weighted by molar-refractivity contribution is -0.148. The lowest BCUT2D eigenvalue weighted by Gasteiger charge is -2.14. The number of carbonyl (C=O) groups is 1. The Kier molecular flexibility index (Phi) is 2.84. The Bertz CT molecular complexity index is 449. The van der Waals surface area contributed by atoms with Gasteiger partial charge in [-0.3, -0.25) is 15.0 Å². The topological polar surface area (TPSA) is 70.8 Å². The fourth-order valence-electron chi connectivity index (χ4n) is 2.03. The zero-order valence-electron chi connectivity index (χ0n) is 9.37. The smallest absolute Gasteiger partial charge is 0.309 e. The Morgan fingerprint density at radius 3 is 2.81 bits per heavy atom. The number of rotatable bonds is 3. The van der Waals surface area contributed by atoms with E-state index in [0.717, 1.165) is 18.7 Å².